The average molecular weight is 294 g/mol. The van der Waals surface area contributed by atoms with Crippen LogP contribution in [0.25, 0.3) is 11.0 Å². The van der Waals surface area contributed by atoms with E-state index in [1.165, 1.54) is 22.3 Å². The third kappa shape index (κ3) is 2.71. The van der Waals surface area contributed by atoms with Gasteiger partial charge in [-0.25, -0.2) is 4.98 Å². The number of imidazole rings is 1. The Morgan fingerprint density at radius 1 is 0.909 bits per heavy atom. The van der Waals surface area contributed by atoms with E-state index in [0.29, 0.717) is 0 Å². The highest BCUT2D eigenvalue weighted by molar-refractivity contribution is 5.77. The molecule has 0 spiro atoms. The Labute approximate surface area is 131 Å². The van der Waals surface area contributed by atoms with Crippen LogP contribution in [-0.2, 0) is 0 Å². The standard InChI is InChI=1S/C19H22N2O/c1-11-6-7-16(8-12(11)2)22-15(5)19-20-17-9-13(3)14(4)10-18(17)21-19/h6-10,15H,1-5H3,(H,20,21)/t15-/m0/s1. The quantitative estimate of drug-likeness (QED) is 0.743. The number of hydrogen-bond acceptors (Lipinski definition) is 2. The van der Waals surface area contributed by atoms with Crippen LogP contribution in [0.1, 0.15) is 41.1 Å². The van der Waals surface area contributed by atoms with E-state index in [4.69, 9.17) is 4.74 Å². The first-order chi connectivity index (χ1) is 10.4. The van der Waals surface area contributed by atoms with E-state index >= 15 is 0 Å². The number of nitrogens with zero attached hydrogens (tertiary/aromatic N) is 1. The predicted octanol–water partition coefficient (Wildman–Crippen LogP) is 4.94. The van der Waals surface area contributed by atoms with Crippen molar-refractivity contribution in [3.63, 3.8) is 0 Å². The first-order valence-electron chi connectivity index (χ1n) is 7.65. The van der Waals surface area contributed by atoms with Crippen molar-refractivity contribution >= 4 is 11.0 Å². The van der Waals surface area contributed by atoms with Crippen LogP contribution in [-0.4, -0.2) is 9.97 Å². The third-order valence-electron chi connectivity index (χ3n) is 4.29. The van der Waals surface area contributed by atoms with Gasteiger partial charge in [-0.3, -0.25) is 0 Å². The molecule has 0 unspecified atom stereocenters. The number of H-pyrrole nitrogens is 1. The highest BCUT2D eigenvalue weighted by Crippen LogP contribution is 2.25. The fourth-order valence-corrected chi connectivity index (χ4v) is 2.53. The van der Waals surface area contributed by atoms with Crippen LogP contribution >= 0.6 is 0 Å². The molecule has 0 fully saturated rings. The van der Waals surface area contributed by atoms with Crippen molar-refractivity contribution in [1.82, 2.24) is 9.97 Å². The Bertz CT molecular complexity index is 794. The Kier molecular flexibility index (Phi) is 3.65. The second-order valence-electron chi connectivity index (χ2n) is 6.08. The SMILES string of the molecule is Cc1ccc(O[C@@H](C)c2nc3cc(C)c(C)cc3[nH]2)cc1C. The molecule has 0 radical (unpaired) electrons. The number of aromatic amines is 1. The number of ether oxygens (including phenoxy) is 1. The van der Waals surface area contributed by atoms with Gasteiger partial charge in [0.05, 0.1) is 11.0 Å². The van der Waals surface area contributed by atoms with Crippen molar-refractivity contribution in [2.75, 3.05) is 0 Å². The summed E-state index contributed by atoms with van der Waals surface area (Å²) in [6, 6.07) is 10.4. The summed E-state index contributed by atoms with van der Waals surface area (Å²) < 4.78 is 6.03. The second-order valence-corrected chi connectivity index (χ2v) is 6.08. The van der Waals surface area contributed by atoms with Crippen molar-refractivity contribution < 1.29 is 4.74 Å². The van der Waals surface area contributed by atoms with Gasteiger partial charge in [0.25, 0.3) is 0 Å². The van der Waals surface area contributed by atoms with Gasteiger partial charge in [-0.05, 0) is 81.1 Å². The molecule has 1 aromatic heterocycles. The normalized spacial score (nSPS) is 12.6. The van der Waals surface area contributed by atoms with Crippen molar-refractivity contribution in [2.24, 2.45) is 0 Å². The minimum absolute atomic E-state index is 0.116. The first kappa shape index (κ1) is 14.6. The molecule has 0 aliphatic carbocycles. The summed E-state index contributed by atoms with van der Waals surface area (Å²) in [5, 5.41) is 0. The number of nitrogens with one attached hydrogen (secondary N) is 1. The maximum atomic E-state index is 6.03. The van der Waals surface area contributed by atoms with Crippen LogP contribution in [0, 0.1) is 27.7 Å². The molecule has 3 aromatic rings. The van der Waals surface area contributed by atoms with Crippen molar-refractivity contribution in [3.8, 4) is 5.75 Å². The minimum Gasteiger partial charge on any atom is -0.483 e. The van der Waals surface area contributed by atoms with Crippen LogP contribution in [0.3, 0.4) is 0 Å². The maximum absolute atomic E-state index is 6.03. The summed E-state index contributed by atoms with van der Waals surface area (Å²) in [7, 11) is 0. The van der Waals surface area contributed by atoms with Crippen LogP contribution in [0.5, 0.6) is 5.75 Å². The first-order valence-corrected chi connectivity index (χ1v) is 7.65. The lowest BCUT2D eigenvalue weighted by atomic mass is 10.1. The maximum Gasteiger partial charge on any atom is 0.153 e. The molecule has 1 N–H and O–H groups in total. The zero-order valence-electron chi connectivity index (χ0n) is 13.8. The number of benzene rings is 2. The summed E-state index contributed by atoms with van der Waals surface area (Å²) in [4.78, 5) is 8.04. The van der Waals surface area contributed by atoms with E-state index in [-0.39, 0.29) is 6.10 Å². The smallest absolute Gasteiger partial charge is 0.153 e. The molecule has 0 aliphatic heterocycles. The lowest BCUT2D eigenvalue weighted by Gasteiger charge is -2.13. The number of aromatic nitrogens is 2. The van der Waals surface area contributed by atoms with Gasteiger partial charge in [0.2, 0.25) is 0 Å². The Balaban J connectivity index is 1.88. The van der Waals surface area contributed by atoms with Crippen molar-refractivity contribution in [3.05, 3.63) is 58.4 Å². The molecule has 1 atom stereocenters. The predicted molar refractivity (Wildman–Crippen MR) is 90.5 cm³/mol. The minimum atomic E-state index is -0.116. The molecule has 0 bridgehead atoms. The van der Waals surface area contributed by atoms with Gasteiger partial charge in [0.15, 0.2) is 6.10 Å². The largest absolute Gasteiger partial charge is 0.483 e. The average Bonchev–Trinajstić information content (AvgIpc) is 2.86. The van der Waals surface area contributed by atoms with E-state index in [9.17, 15) is 0 Å². The zero-order valence-corrected chi connectivity index (χ0v) is 13.8. The number of fused-ring (bicyclic) bond motifs is 1. The molecule has 0 amide bonds. The molecular weight excluding hydrogens is 272 g/mol. The molecule has 3 nitrogen and oxygen atoms in total. The van der Waals surface area contributed by atoms with Gasteiger partial charge < -0.3 is 9.72 Å². The summed E-state index contributed by atoms with van der Waals surface area (Å²) in [5.74, 6) is 1.74. The molecule has 0 aliphatic rings. The van der Waals surface area contributed by atoms with Gasteiger partial charge >= 0.3 is 0 Å². The fourth-order valence-electron chi connectivity index (χ4n) is 2.53. The lowest BCUT2D eigenvalue weighted by Crippen LogP contribution is -2.05. The topological polar surface area (TPSA) is 37.9 Å². The van der Waals surface area contributed by atoms with Crippen LogP contribution in [0.4, 0.5) is 0 Å². The summed E-state index contributed by atoms with van der Waals surface area (Å²) in [6.45, 7) is 10.4. The summed E-state index contributed by atoms with van der Waals surface area (Å²) in [6.07, 6.45) is -0.116. The lowest BCUT2D eigenvalue weighted by molar-refractivity contribution is 0.218. The van der Waals surface area contributed by atoms with E-state index in [1.807, 2.05) is 13.0 Å². The van der Waals surface area contributed by atoms with Gasteiger partial charge in [-0.2, -0.15) is 0 Å². The molecule has 2 aromatic carbocycles. The molecule has 0 saturated heterocycles. The van der Waals surface area contributed by atoms with Gasteiger partial charge in [-0.1, -0.05) is 6.07 Å². The van der Waals surface area contributed by atoms with Crippen molar-refractivity contribution in [1.29, 1.82) is 0 Å². The van der Waals surface area contributed by atoms with Gasteiger partial charge in [0, 0.05) is 0 Å². The highest BCUT2D eigenvalue weighted by atomic mass is 16.5. The molecule has 22 heavy (non-hydrogen) atoms. The Hall–Kier alpha value is -2.29. The van der Waals surface area contributed by atoms with Crippen LogP contribution in [0.15, 0.2) is 30.3 Å². The van der Waals surface area contributed by atoms with Gasteiger partial charge in [0.1, 0.15) is 11.6 Å². The summed E-state index contributed by atoms with van der Waals surface area (Å²) in [5.41, 5.74) is 7.09. The monoisotopic (exact) mass is 294 g/mol. The Morgan fingerprint density at radius 3 is 2.32 bits per heavy atom. The molecule has 3 rings (SSSR count). The van der Waals surface area contributed by atoms with Crippen LogP contribution in [0.2, 0.25) is 0 Å². The Morgan fingerprint density at radius 2 is 1.59 bits per heavy atom. The van der Waals surface area contributed by atoms with E-state index in [0.717, 1.165) is 22.6 Å². The number of aryl methyl sites for hydroxylation is 4. The highest BCUT2D eigenvalue weighted by Gasteiger charge is 2.13. The summed E-state index contributed by atoms with van der Waals surface area (Å²) >= 11 is 0. The molecule has 1 heterocycles. The zero-order chi connectivity index (χ0) is 15.9. The molecule has 114 valence electrons. The fraction of sp³-hybridized carbons (Fsp3) is 0.316. The number of rotatable bonds is 3. The van der Waals surface area contributed by atoms with Gasteiger partial charge in [-0.15, -0.1) is 0 Å². The van der Waals surface area contributed by atoms with E-state index in [1.54, 1.807) is 0 Å². The second kappa shape index (κ2) is 5.48. The molecular formula is C19H22N2O. The van der Waals surface area contributed by atoms with E-state index in [2.05, 4.69) is 61.9 Å². The van der Waals surface area contributed by atoms with E-state index < -0.39 is 0 Å². The van der Waals surface area contributed by atoms with Crippen LogP contribution < -0.4 is 4.74 Å². The molecule has 0 saturated carbocycles. The van der Waals surface area contributed by atoms with Crippen molar-refractivity contribution in [2.45, 2.75) is 40.7 Å². The third-order valence-corrected chi connectivity index (χ3v) is 4.29. The number of hydrogen-bond donors (Lipinski definition) is 1. The molecule has 3 heteroatoms.